The van der Waals surface area contributed by atoms with Crippen molar-refractivity contribution >= 4 is 28.7 Å². The maximum Gasteiger partial charge on any atom is 0.204 e. The highest BCUT2D eigenvalue weighted by Gasteiger charge is 2.21. The van der Waals surface area contributed by atoms with Gasteiger partial charge in [-0.1, -0.05) is 11.6 Å². The van der Waals surface area contributed by atoms with E-state index in [4.69, 9.17) is 11.6 Å². The number of fused-ring (bicyclic) bond motifs is 1. The molecule has 0 bridgehead atoms. The SMILES string of the molecule is Cc1cc(C(=O)c2cc3c(s2)CCC3)c(Cl)cc1F. The summed E-state index contributed by atoms with van der Waals surface area (Å²) in [5.74, 6) is -0.484. The average molecular weight is 295 g/mol. The summed E-state index contributed by atoms with van der Waals surface area (Å²) in [6.45, 7) is 1.64. The summed E-state index contributed by atoms with van der Waals surface area (Å²) in [6, 6.07) is 4.71. The molecule has 0 spiro atoms. The summed E-state index contributed by atoms with van der Waals surface area (Å²) in [4.78, 5) is 14.4. The van der Waals surface area contributed by atoms with Gasteiger partial charge in [0.05, 0.1) is 9.90 Å². The van der Waals surface area contributed by atoms with Gasteiger partial charge in [-0.3, -0.25) is 4.79 Å². The lowest BCUT2D eigenvalue weighted by molar-refractivity contribution is 0.104. The molecule has 1 heterocycles. The second-order valence-corrected chi connectivity index (χ2v) is 6.37. The smallest absolute Gasteiger partial charge is 0.204 e. The van der Waals surface area contributed by atoms with Crippen LogP contribution < -0.4 is 0 Å². The third kappa shape index (κ3) is 2.21. The van der Waals surface area contributed by atoms with Crippen LogP contribution in [0.2, 0.25) is 5.02 Å². The molecule has 2 aromatic rings. The minimum absolute atomic E-state index is 0.104. The lowest BCUT2D eigenvalue weighted by Gasteiger charge is -2.04. The van der Waals surface area contributed by atoms with Crippen molar-refractivity contribution in [2.45, 2.75) is 26.2 Å². The third-order valence-electron chi connectivity index (χ3n) is 3.46. The molecule has 0 fully saturated rings. The van der Waals surface area contributed by atoms with Gasteiger partial charge in [0.15, 0.2) is 0 Å². The molecule has 4 heteroatoms. The van der Waals surface area contributed by atoms with Crippen LogP contribution in [0.4, 0.5) is 4.39 Å². The molecule has 1 aromatic heterocycles. The number of thiophene rings is 1. The van der Waals surface area contributed by atoms with Crippen LogP contribution >= 0.6 is 22.9 Å². The number of hydrogen-bond acceptors (Lipinski definition) is 2. The van der Waals surface area contributed by atoms with Crippen molar-refractivity contribution in [2.75, 3.05) is 0 Å². The maximum absolute atomic E-state index is 13.4. The minimum atomic E-state index is -0.379. The minimum Gasteiger partial charge on any atom is -0.288 e. The van der Waals surface area contributed by atoms with Crippen molar-refractivity contribution in [1.82, 2.24) is 0 Å². The maximum atomic E-state index is 13.4. The van der Waals surface area contributed by atoms with Crippen LogP contribution in [0.1, 0.15) is 37.7 Å². The van der Waals surface area contributed by atoms with Gasteiger partial charge in [-0.05, 0) is 55.5 Å². The van der Waals surface area contributed by atoms with E-state index in [-0.39, 0.29) is 16.6 Å². The number of hydrogen-bond donors (Lipinski definition) is 0. The zero-order valence-electron chi connectivity index (χ0n) is 10.4. The summed E-state index contributed by atoms with van der Waals surface area (Å²) < 4.78 is 13.4. The lowest BCUT2D eigenvalue weighted by Crippen LogP contribution is -2.01. The van der Waals surface area contributed by atoms with Crippen molar-refractivity contribution in [3.8, 4) is 0 Å². The van der Waals surface area contributed by atoms with E-state index in [1.807, 2.05) is 6.07 Å². The summed E-state index contributed by atoms with van der Waals surface area (Å²) in [7, 11) is 0. The zero-order chi connectivity index (χ0) is 13.6. The molecule has 1 nitrogen and oxygen atoms in total. The molecule has 0 N–H and O–H groups in total. The topological polar surface area (TPSA) is 17.1 Å². The first-order chi connectivity index (χ1) is 9.06. The van der Waals surface area contributed by atoms with E-state index in [1.165, 1.54) is 29.0 Å². The molecule has 0 saturated carbocycles. The van der Waals surface area contributed by atoms with Crippen LogP contribution in [0.5, 0.6) is 0 Å². The number of ketones is 1. The van der Waals surface area contributed by atoms with Crippen LogP contribution in [0, 0.1) is 12.7 Å². The average Bonchev–Trinajstić information content (AvgIpc) is 2.93. The number of carbonyl (C=O) groups excluding carboxylic acids is 1. The highest BCUT2D eigenvalue weighted by molar-refractivity contribution is 7.14. The highest BCUT2D eigenvalue weighted by Crippen LogP contribution is 2.33. The molecule has 1 aromatic carbocycles. The first kappa shape index (κ1) is 12.8. The molecule has 98 valence electrons. The molecule has 0 unspecified atom stereocenters. The second-order valence-electron chi connectivity index (χ2n) is 4.82. The molecular formula is C15H12ClFOS. The third-order valence-corrected chi connectivity index (χ3v) is 5.01. The van der Waals surface area contributed by atoms with E-state index in [2.05, 4.69) is 0 Å². The van der Waals surface area contributed by atoms with Crippen LogP contribution in [0.15, 0.2) is 18.2 Å². The Labute approximate surface area is 120 Å². The van der Waals surface area contributed by atoms with Gasteiger partial charge >= 0.3 is 0 Å². The predicted octanol–water partition coefficient (Wildman–Crippen LogP) is 4.57. The predicted molar refractivity (Wildman–Crippen MR) is 75.9 cm³/mol. The molecule has 0 atom stereocenters. The summed E-state index contributed by atoms with van der Waals surface area (Å²) >= 11 is 7.53. The Morgan fingerprint density at radius 3 is 2.84 bits per heavy atom. The van der Waals surface area contributed by atoms with Crippen molar-refractivity contribution in [1.29, 1.82) is 0 Å². The number of rotatable bonds is 2. The Bertz CT molecular complexity index is 654. The molecule has 1 aliphatic carbocycles. The fourth-order valence-electron chi connectivity index (χ4n) is 2.40. The Kier molecular flexibility index (Phi) is 3.19. The van der Waals surface area contributed by atoms with E-state index in [1.54, 1.807) is 18.3 Å². The standard InChI is InChI=1S/C15H12ClFOS/c1-8-5-10(11(16)7-12(8)17)15(18)14-6-9-3-2-4-13(9)19-14/h5-7H,2-4H2,1H3. The summed E-state index contributed by atoms with van der Waals surface area (Å²) in [5, 5.41) is 0.182. The van der Waals surface area contributed by atoms with Gasteiger partial charge < -0.3 is 0 Å². The zero-order valence-corrected chi connectivity index (χ0v) is 12.0. The van der Waals surface area contributed by atoms with E-state index < -0.39 is 0 Å². The van der Waals surface area contributed by atoms with Crippen LogP contribution in [-0.2, 0) is 12.8 Å². The molecule has 3 rings (SSSR count). The van der Waals surface area contributed by atoms with Gasteiger partial charge in [0, 0.05) is 10.4 Å². The van der Waals surface area contributed by atoms with Gasteiger partial charge in [-0.15, -0.1) is 11.3 Å². The summed E-state index contributed by atoms with van der Waals surface area (Å²) in [6.07, 6.45) is 3.28. The molecule has 0 aliphatic heterocycles. The monoisotopic (exact) mass is 294 g/mol. The first-order valence-electron chi connectivity index (χ1n) is 6.18. The number of halogens is 2. The normalized spacial score (nSPS) is 13.6. The van der Waals surface area contributed by atoms with E-state index in [9.17, 15) is 9.18 Å². The fraction of sp³-hybridized carbons (Fsp3) is 0.267. The summed E-state index contributed by atoms with van der Waals surface area (Å²) in [5.41, 5.74) is 2.11. The van der Waals surface area contributed by atoms with Gasteiger partial charge in [-0.2, -0.15) is 0 Å². The van der Waals surface area contributed by atoms with Gasteiger partial charge in [0.2, 0.25) is 5.78 Å². The molecule has 1 aliphatic rings. The van der Waals surface area contributed by atoms with Crippen LogP contribution in [-0.4, -0.2) is 5.78 Å². The Hall–Kier alpha value is -1.19. The van der Waals surface area contributed by atoms with Crippen molar-refractivity contribution < 1.29 is 9.18 Å². The number of aryl methyl sites for hydroxylation is 3. The molecule has 0 radical (unpaired) electrons. The Morgan fingerprint density at radius 1 is 1.32 bits per heavy atom. The second kappa shape index (κ2) is 4.73. The van der Waals surface area contributed by atoms with Crippen molar-refractivity contribution in [3.63, 3.8) is 0 Å². The Balaban J connectivity index is 2.01. The lowest BCUT2D eigenvalue weighted by atomic mass is 10.1. The van der Waals surface area contributed by atoms with Gasteiger partial charge in [0.25, 0.3) is 0 Å². The quantitative estimate of drug-likeness (QED) is 0.742. The molecule has 0 saturated heterocycles. The van der Waals surface area contributed by atoms with E-state index in [0.29, 0.717) is 16.0 Å². The fourth-order valence-corrected chi connectivity index (χ4v) is 3.85. The first-order valence-corrected chi connectivity index (χ1v) is 7.37. The number of benzene rings is 1. The van der Waals surface area contributed by atoms with E-state index in [0.717, 1.165) is 12.8 Å². The van der Waals surface area contributed by atoms with Crippen LogP contribution in [0.25, 0.3) is 0 Å². The van der Waals surface area contributed by atoms with E-state index >= 15 is 0 Å². The van der Waals surface area contributed by atoms with Crippen molar-refractivity contribution in [3.05, 3.63) is 55.5 Å². The van der Waals surface area contributed by atoms with Gasteiger partial charge in [-0.25, -0.2) is 4.39 Å². The number of carbonyl (C=O) groups is 1. The van der Waals surface area contributed by atoms with Crippen LogP contribution in [0.3, 0.4) is 0 Å². The molecule has 0 amide bonds. The Morgan fingerprint density at radius 2 is 2.11 bits per heavy atom. The van der Waals surface area contributed by atoms with Gasteiger partial charge in [0.1, 0.15) is 5.82 Å². The molecular weight excluding hydrogens is 283 g/mol. The van der Waals surface area contributed by atoms with Crippen molar-refractivity contribution in [2.24, 2.45) is 0 Å². The highest BCUT2D eigenvalue weighted by atomic mass is 35.5. The largest absolute Gasteiger partial charge is 0.288 e. The molecule has 19 heavy (non-hydrogen) atoms.